The van der Waals surface area contributed by atoms with Crippen LogP contribution < -0.4 is 10.5 Å². The molecule has 106 valence electrons. The number of ether oxygens (including phenoxy) is 1. The van der Waals surface area contributed by atoms with Crippen molar-refractivity contribution >= 4 is 29.0 Å². The van der Waals surface area contributed by atoms with Crippen molar-refractivity contribution in [3.05, 3.63) is 46.1 Å². The van der Waals surface area contributed by atoms with Crippen molar-refractivity contribution in [2.45, 2.75) is 6.18 Å². The molecule has 0 amide bonds. The molecular weight excluding hydrogens is 316 g/mol. The van der Waals surface area contributed by atoms with Crippen LogP contribution in [0.1, 0.15) is 5.56 Å². The van der Waals surface area contributed by atoms with Crippen LogP contribution in [-0.4, -0.2) is 4.98 Å². The molecule has 0 radical (unpaired) electrons. The molecule has 8 heteroatoms. The van der Waals surface area contributed by atoms with E-state index in [4.69, 9.17) is 33.7 Å². The zero-order valence-corrected chi connectivity index (χ0v) is 11.2. The lowest BCUT2D eigenvalue weighted by molar-refractivity contribution is -0.137. The average molecular weight is 323 g/mol. The number of rotatable bonds is 2. The van der Waals surface area contributed by atoms with E-state index in [-0.39, 0.29) is 22.3 Å². The van der Waals surface area contributed by atoms with Crippen LogP contribution >= 0.6 is 23.2 Å². The number of alkyl halides is 3. The van der Waals surface area contributed by atoms with Crippen molar-refractivity contribution in [2.24, 2.45) is 0 Å². The fraction of sp³-hybridized carbons (Fsp3) is 0.0833. The Labute approximate surface area is 122 Å². The predicted octanol–water partition coefficient (Wildman–Crippen LogP) is 4.78. The van der Waals surface area contributed by atoms with Crippen LogP contribution in [0.25, 0.3) is 0 Å². The molecule has 0 spiro atoms. The van der Waals surface area contributed by atoms with E-state index in [0.29, 0.717) is 0 Å². The van der Waals surface area contributed by atoms with Crippen molar-refractivity contribution in [1.82, 2.24) is 4.98 Å². The topological polar surface area (TPSA) is 48.1 Å². The Bertz CT molecular complexity index is 647. The van der Waals surface area contributed by atoms with Crippen LogP contribution in [0.15, 0.2) is 30.5 Å². The molecule has 0 unspecified atom stereocenters. The number of anilines is 1. The van der Waals surface area contributed by atoms with Crippen molar-refractivity contribution in [3.63, 3.8) is 0 Å². The van der Waals surface area contributed by atoms with Crippen LogP contribution in [0.3, 0.4) is 0 Å². The molecule has 0 fully saturated rings. The molecule has 0 aliphatic carbocycles. The third-order valence-corrected chi connectivity index (χ3v) is 3.01. The van der Waals surface area contributed by atoms with E-state index in [1.807, 2.05) is 0 Å². The highest BCUT2D eigenvalue weighted by Crippen LogP contribution is 2.41. The summed E-state index contributed by atoms with van der Waals surface area (Å²) in [6.07, 6.45) is -3.37. The normalized spacial score (nSPS) is 11.4. The van der Waals surface area contributed by atoms with Crippen LogP contribution in [0.2, 0.25) is 10.0 Å². The molecule has 2 aromatic rings. The highest BCUT2D eigenvalue weighted by atomic mass is 35.5. The van der Waals surface area contributed by atoms with Gasteiger partial charge in [0.1, 0.15) is 11.6 Å². The Hall–Kier alpha value is -1.66. The minimum atomic E-state index is -4.57. The van der Waals surface area contributed by atoms with Gasteiger partial charge in [-0.3, -0.25) is 0 Å². The van der Waals surface area contributed by atoms with E-state index in [0.717, 1.165) is 6.07 Å². The summed E-state index contributed by atoms with van der Waals surface area (Å²) in [5.41, 5.74) is 4.42. The number of halogens is 5. The highest BCUT2D eigenvalue weighted by Gasteiger charge is 2.34. The third kappa shape index (κ3) is 3.08. The summed E-state index contributed by atoms with van der Waals surface area (Å²) in [5, 5.41) is -0.432. The SMILES string of the molecule is Nc1cc(Cl)c(Oc2cccc(C(F)(F)F)c2Cl)cn1. The predicted molar refractivity (Wildman–Crippen MR) is 70.2 cm³/mol. The number of benzene rings is 1. The van der Waals surface area contributed by atoms with Crippen molar-refractivity contribution in [2.75, 3.05) is 5.73 Å². The van der Waals surface area contributed by atoms with Gasteiger partial charge in [-0.25, -0.2) is 4.98 Å². The molecule has 20 heavy (non-hydrogen) atoms. The van der Waals surface area contributed by atoms with Gasteiger partial charge in [-0.05, 0) is 12.1 Å². The van der Waals surface area contributed by atoms with Crippen molar-refractivity contribution < 1.29 is 17.9 Å². The van der Waals surface area contributed by atoms with Crippen molar-refractivity contribution in [1.29, 1.82) is 0 Å². The molecule has 0 bridgehead atoms. The number of pyridine rings is 1. The van der Waals surface area contributed by atoms with Gasteiger partial charge in [0.15, 0.2) is 5.75 Å². The number of aromatic nitrogens is 1. The summed E-state index contributed by atoms with van der Waals surface area (Å²) in [7, 11) is 0. The molecule has 2 N–H and O–H groups in total. The zero-order valence-electron chi connectivity index (χ0n) is 9.71. The van der Waals surface area contributed by atoms with Gasteiger partial charge in [-0.1, -0.05) is 29.3 Å². The second-order valence-corrected chi connectivity index (χ2v) is 4.54. The van der Waals surface area contributed by atoms with Gasteiger partial charge in [0.2, 0.25) is 0 Å². The van der Waals surface area contributed by atoms with E-state index >= 15 is 0 Å². The molecular formula is C12H7Cl2F3N2O. The van der Waals surface area contributed by atoms with Crippen LogP contribution in [-0.2, 0) is 6.18 Å². The summed E-state index contributed by atoms with van der Waals surface area (Å²) < 4.78 is 43.4. The summed E-state index contributed by atoms with van der Waals surface area (Å²) >= 11 is 11.5. The molecule has 0 atom stereocenters. The first-order chi connectivity index (χ1) is 9.29. The van der Waals surface area contributed by atoms with E-state index in [2.05, 4.69) is 4.98 Å². The fourth-order valence-corrected chi connectivity index (χ4v) is 1.91. The van der Waals surface area contributed by atoms with Gasteiger partial charge in [0.25, 0.3) is 0 Å². The molecule has 1 aromatic heterocycles. The lowest BCUT2D eigenvalue weighted by Gasteiger charge is -2.13. The smallest absolute Gasteiger partial charge is 0.417 e. The maximum atomic E-state index is 12.7. The molecule has 1 heterocycles. The summed E-state index contributed by atoms with van der Waals surface area (Å²) in [5.74, 6) is 0.0505. The van der Waals surface area contributed by atoms with E-state index in [1.165, 1.54) is 24.4 Å². The first-order valence-electron chi connectivity index (χ1n) is 5.23. The van der Waals surface area contributed by atoms with Gasteiger partial charge in [0, 0.05) is 6.07 Å². The molecule has 3 nitrogen and oxygen atoms in total. The minimum Gasteiger partial charge on any atom is -0.453 e. The summed E-state index contributed by atoms with van der Waals surface area (Å²) in [4.78, 5) is 3.74. The van der Waals surface area contributed by atoms with Crippen molar-refractivity contribution in [3.8, 4) is 11.5 Å². The number of hydrogen-bond donors (Lipinski definition) is 1. The number of hydrogen-bond acceptors (Lipinski definition) is 3. The average Bonchev–Trinajstić information content (AvgIpc) is 2.33. The molecule has 1 aromatic carbocycles. The van der Waals surface area contributed by atoms with Gasteiger partial charge in [-0.15, -0.1) is 0 Å². The van der Waals surface area contributed by atoms with Gasteiger partial charge in [0.05, 0.1) is 21.8 Å². The molecule has 2 rings (SSSR count). The number of nitrogens with zero attached hydrogens (tertiary/aromatic N) is 1. The highest BCUT2D eigenvalue weighted by molar-refractivity contribution is 6.33. The Balaban J connectivity index is 2.40. The quantitative estimate of drug-likeness (QED) is 0.865. The maximum absolute atomic E-state index is 12.7. The van der Waals surface area contributed by atoms with Crippen LogP contribution in [0.4, 0.5) is 19.0 Å². The lowest BCUT2D eigenvalue weighted by Crippen LogP contribution is -2.06. The first kappa shape index (κ1) is 14.7. The fourth-order valence-electron chi connectivity index (χ4n) is 1.44. The lowest BCUT2D eigenvalue weighted by atomic mass is 10.2. The van der Waals surface area contributed by atoms with E-state index in [9.17, 15) is 13.2 Å². The largest absolute Gasteiger partial charge is 0.453 e. The van der Waals surface area contributed by atoms with Gasteiger partial charge < -0.3 is 10.5 Å². The molecule has 0 saturated heterocycles. The number of nitrogens with two attached hydrogens (primary N) is 1. The Morgan fingerprint density at radius 2 is 1.85 bits per heavy atom. The summed E-state index contributed by atoms with van der Waals surface area (Å²) in [6.45, 7) is 0. The first-order valence-corrected chi connectivity index (χ1v) is 5.99. The van der Waals surface area contributed by atoms with Crippen LogP contribution in [0, 0.1) is 0 Å². The van der Waals surface area contributed by atoms with E-state index in [1.54, 1.807) is 0 Å². The zero-order chi connectivity index (χ0) is 14.9. The third-order valence-electron chi connectivity index (χ3n) is 2.33. The Kier molecular flexibility index (Phi) is 3.96. The van der Waals surface area contributed by atoms with Crippen LogP contribution in [0.5, 0.6) is 11.5 Å². The standard InChI is InChI=1S/C12H7Cl2F3N2O/c13-7-4-10(18)19-5-9(7)20-8-3-1-2-6(11(8)14)12(15,16)17/h1-5H,(H2,18,19). The number of nitrogen functional groups attached to an aromatic ring is 1. The molecule has 0 aliphatic rings. The Morgan fingerprint density at radius 3 is 2.45 bits per heavy atom. The second-order valence-electron chi connectivity index (χ2n) is 3.76. The minimum absolute atomic E-state index is 0.0575. The van der Waals surface area contributed by atoms with Gasteiger partial charge >= 0.3 is 6.18 Å². The van der Waals surface area contributed by atoms with E-state index < -0.39 is 16.8 Å². The summed E-state index contributed by atoms with van der Waals surface area (Å²) in [6, 6.07) is 4.66. The monoisotopic (exact) mass is 322 g/mol. The molecule has 0 saturated carbocycles. The second kappa shape index (κ2) is 5.38. The maximum Gasteiger partial charge on any atom is 0.417 e. The molecule has 0 aliphatic heterocycles. The van der Waals surface area contributed by atoms with Gasteiger partial charge in [-0.2, -0.15) is 13.2 Å². The Morgan fingerprint density at radius 1 is 1.15 bits per heavy atom.